The van der Waals surface area contributed by atoms with Crippen LogP contribution < -0.4 is 15.4 Å². The first-order valence-corrected chi connectivity index (χ1v) is 10.3. The van der Waals surface area contributed by atoms with Gasteiger partial charge in [0, 0.05) is 25.2 Å². The second-order valence-electron chi connectivity index (χ2n) is 6.78. The van der Waals surface area contributed by atoms with Gasteiger partial charge in [-0.15, -0.1) is 0 Å². The summed E-state index contributed by atoms with van der Waals surface area (Å²) in [7, 11) is -3.24. The van der Waals surface area contributed by atoms with Crippen molar-refractivity contribution in [3.63, 3.8) is 0 Å². The number of nitrogens with zero attached hydrogens (tertiary/aromatic N) is 2. The molecule has 0 radical (unpaired) electrons. The van der Waals surface area contributed by atoms with Crippen molar-refractivity contribution < 1.29 is 8.42 Å². The lowest BCUT2D eigenvalue weighted by molar-refractivity contribution is 0.232. The number of nitrogens with one attached hydrogen (secondary N) is 3. The van der Waals surface area contributed by atoms with Gasteiger partial charge in [-0.2, -0.15) is 0 Å². The van der Waals surface area contributed by atoms with Gasteiger partial charge < -0.3 is 15.5 Å². The molecule has 0 amide bonds. The summed E-state index contributed by atoms with van der Waals surface area (Å²) in [6.07, 6.45) is 5.09. The predicted octanol–water partition coefficient (Wildman–Crippen LogP) is 0.355. The minimum Gasteiger partial charge on any atom is -0.357 e. The van der Waals surface area contributed by atoms with E-state index in [9.17, 15) is 8.42 Å². The van der Waals surface area contributed by atoms with Crippen LogP contribution in [0.15, 0.2) is 4.99 Å². The third-order valence-electron chi connectivity index (χ3n) is 3.61. The summed E-state index contributed by atoms with van der Waals surface area (Å²) in [6.45, 7) is 11.0. The lowest BCUT2D eigenvalue weighted by atomic mass is 10.1. The van der Waals surface area contributed by atoms with E-state index in [0.29, 0.717) is 6.54 Å². The van der Waals surface area contributed by atoms with E-state index in [1.165, 1.54) is 38.6 Å². The first kappa shape index (κ1) is 20.2. The van der Waals surface area contributed by atoms with Gasteiger partial charge in [0.2, 0.25) is 10.0 Å². The SMILES string of the molecule is CCNC(=NCC(C)(C)NS(C)(=O)=O)NCCN1CCCCC1. The highest BCUT2D eigenvalue weighted by molar-refractivity contribution is 7.88. The first-order chi connectivity index (χ1) is 10.7. The average molecular weight is 348 g/mol. The summed E-state index contributed by atoms with van der Waals surface area (Å²) >= 11 is 0. The molecular formula is C15H33N5O2S. The minimum absolute atomic E-state index is 0.374. The zero-order valence-electron chi connectivity index (χ0n) is 15.0. The van der Waals surface area contributed by atoms with Crippen molar-refractivity contribution in [1.29, 1.82) is 0 Å². The first-order valence-electron chi connectivity index (χ1n) is 8.45. The monoisotopic (exact) mass is 347 g/mol. The molecule has 0 unspecified atom stereocenters. The molecule has 0 aromatic rings. The Hall–Kier alpha value is -0.860. The Morgan fingerprint density at radius 2 is 1.83 bits per heavy atom. The molecule has 0 aromatic carbocycles. The molecule has 0 saturated carbocycles. The van der Waals surface area contributed by atoms with Crippen LogP contribution in [-0.4, -0.2) is 70.3 Å². The van der Waals surface area contributed by atoms with Crippen molar-refractivity contribution in [3.05, 3.63) is 0 Å². The highest BCUT2D eigenvalue weighted by Crippen LogP contribution is 2.07. The highest BCUT2D eigenvalue weighted by atomic mass is 32.2. The van der Waals surface area contributed by atoms with E-state index in [1.807, 2.05) is 20.8 Å². The smallest absolute Gasteiger partial charge is 0.209 e. The second kappa shape index (κ2) is 9.44. The standard InChI is InChI=1S/C15H33N5O2S/c1-5-16-14(17-9-12-20-10-7-6-8-11-20)18-13-15(2,3)19-23(4,21)22/h19H,5-13H2,1-4H3,(H2,16,17,18). The summed E-state index contributed by atoms with van der Waals surface area (Å²) in [6, 6.07) is 0. The number of rotatable bonds is 8. The number of hydrogen-bond acceptors (Lipinski definition) is 4. The molecule has 1 saturated heterocycles. The maximum atomic E-state index is 11.4. The zero-order valence-corrected chi connectivity index (χ0v) is 15.8. The highest BCUT2D eigenvalue weighted by Gasteiger charge is 2.21. The van der Waals surface area contributed by atoms with Crippen molar-refractivity contribution in [2.45, 2.75) is 45.6 Å². The van der Waals surface area contributed by atoms with Crippen LogP contribution in [0.4, 0.5) is 0 Å². The van der Waals surface area contributed by atoms with Gasteiger partial charge in [0.25, 0.3) is 0 Å². The van der Waals surface area contributed by atoms with E-state index in [1.54, 1.807) is 0 Å². The molecule has 23 heavy (non-hydrogen) atoms. The van der Waals surface area contributed by atoms with Gasteiger partial charge >= 0.3 is 0 Å². The molecule has 1 rings (SSSR count). The molecule has 0 atom stereocenters. The van der Waals surface area contributed by atoms with Crippen molar-refractivity contribution in [1.82, 2.24) is 20.3 Å². The quantitative estimate of drug-likeness (QED) is 0.436. The molecule has 3 N–H and O–H groups in total. The van der Waals surface area contributed by atoms with Gasteiger partial charge in [0.15, 0.2) is 5.96 Å². The van der Waals surface area contributed by atoms with Crippen LogP contribution >= 0.6 is 0 Å². The fraction of sp³-hybridized carbons (Fsp3) is 0.933. The van der Waals surface area contributed by atoms with Crippen LogP contribution in [0.3, 0.4) is 0 Å². The Morgan fingerprint density at radius 3 is 2.39 bits per heavy atom. The van der Waals surface area contributed by atoms with Crippen LogP contribution in [0, 0.1) is 0 Å². The van der Waals surface area contributed by atoms with Gasteiger partial charge in [-0.3, -0.25) is 4.99 Å². The Bertz CT molecular complexity index is 470. The number of aliphatic imine (C=N–C) groups is 1. The second-order valence-corrected chi connectivity index (χ2v) is 8.53. The Kier molecular flexibility index (Phi) is 8.28. The summed E-state index contributed by atoms with van der Waals surface area (Å²) < 4.78 is 25.3. The van der Waals surface area contributed by atoms with Crippen LogP contribution in [0.2, 0.25) is 0 Å². The van der Waals surface area contributed by atoms with Crippen molar-refractivity contribution in [2.24, 2.45) is 4.99 Å². The largest absolute Gasteiger partial charge is 0.357 e. The normalized spacial score (nSPS) is 18.0. The van der Waals surface area contributed by atoms with Gasteiger partial charge in [-0.1, -0.05) is 6.42 Å². The fourth-order valence-electron chi connectivity index (χ4n) is 2.67. The number of hydrogen-bond donors (Lipinski definition) is 3. The van der Waals surface area contributed by atoms with E-state index in [2.05, 4.69) is 25.2 Å². The maximum absolute atomic E-state index is 11.4. The third kappa shape index (κ3) is 9.78. The van der Waals surface area contributed by atoms with Crippen molar-refractivity contribution >= 4 is 16.0 Å². The van der Waals surface area contributed by atoms with Gasteiger partial charge in [0.05, 0.1) is 12.8 Å². The molecule has 136 valence electrons. The summed E-state index contributed by atoms with van der Waals surface area (Å²) in [5.74, 6) is 0.730. The fourth-order valence-corrected chi connectivity index (χ4v) is 3.74. The maximum Gasteiger partial charge on any atom is 0.209 e. The average Bonchev–Trinajstić information content (AvgIpc) is 2.43. The van der Waals surface area contributed by atoms with Crippen LogP contribution in [0.1, 0.15) is 40.0 Å². The molecule has 0 bridgehead atoms. The lowest BCUT2D eigenvalue weighted by Crippen LogP contribution is -2.47. The molecule has 1 fully saturated rings. The summed E-state index contributed by atoms with van der Waals surface area (Å²) in [5.41, 5.74) is -0.608. The molecule has 0 aromatic heterocycles. The van der Waals surface area contributed by atoms with Crippen molar-refractivity contribution in [2.75, 3.05) is 45.5 Å². The molecule has 1 aliphatic heterocycles. The minimum atomic E-state index is -3.24. The summed E-state index contributed by atoms with van der Waals surface area (Å²) in [5, 5.41) is 6.52. The summed E-state index contributed by atoms with van der Waals surface area (Å²) in [4.78, 5) is 6.97. The molecular weight excluding hydrogens is 314 g/mol. The van der Waals surface area contributed by atoms with E-state index < -0.39 is 15.6 Å². The Balaban J connectivity index is 2.45. The Labute approximate surface area is 141 Å². The molecule has 1 heterocycles. The van der Waals surface area contributed by atoms with Crippen molar-refractivity contribution in [3.8, 4) is 0 Å². The van der Waals surface area contributed by atoms with E-state index >= 15 is 0 Å². The molecule has 0 aliphatic carbocycles. The van der Waals surface area contributed by atoms with Gasteiger partial charge in [-0.25, -0.2) is 13.1 Å². The van der Waals surface area contributed by atoms with E-state index in [4.69, 9.17) is 0 Å². The zero-order chi connectivity index (χ0) is 17.3. The number of guanidine groups is 1. The third-order valence-corrected chi connectivity index (χ3v) is 4.53. The lowest BCUT2D eigenvalue weighted by Gasteiger charge is -2.27. The van der Waals surface area contributed by atoms with Gasteiger partial charge in [0.1, 0.15) is 0 Å². The number of piperidine rings is 1. The number of sulfonamides is 1. The topological polar surface area (TPSA) is 85.8 Å². The molecule has 1 aliphatic rings. The molecule has 7 nitrogen and oxygen atoms in total. The van der Waals surface area contributed by atoms with Crippen LogP contribution in [0.5, 0.6) is 0 Å². The van der Waals surface area contributed by atoms with Gasteiger partial charge in [-0.05, 0) is 46.7 Å². The predicted molar refractivity (Wildman–Crippen MR) is 96.3 cm³/mol. The van der Waals surface area contributed by atoms with Crippen LogP contribution in [0.25, 0.3) is 0 Å². The van der Waals surface area contributed by atoms with E-state index in [-0.39, 0.29) is 0 Å². The van der Waals surface area contributed by atoms with Crippen LogP contribution in [-0.2, 0) is 10.0 Å². The Morgan fingerprint density at radius 1 is 1.17 bits per heavy atom. The molecule has 8 heteroatoms. The number of likely N-dealkylation sites (tertiary alicyclic amines) is 1. The van der Waals surface area contributed by atoms with E-state index in [0.717, 1.165) is 25.6 Å². The molecule has 0 spiro atoms.